The highest BCUT2D eigenvalue weighted by molar-refractivity contribution is 7.99. The number of anilines is 1. The molecule has 0 aliphatic carbocycles. The number of methoxy groups -OCH3 is 1. The zero-order chi connectivity index (χ0) is 17.7. The Bertz CT molecular complexity index is 703. The highest BCUT2D eigenvalue weighted by Crippen LogP contribution is 2.32. The Balaban J connectivity index is 2.11. The van der Waals surface area contributed by atoms with Crippen LogP contribution in [0.1, 0.15) is 11.1 Å². The second-order valence-electron chi connectivity index (χ2n) is 5.21. The highest BCUT2D eigenvalue weighted by atomic mass is 32.2. The van der Waals surface area contributed by atoms with Crippen LogP contribution in [0.15, 0.2) is 41.3 Å². The van der Waals surface area contributed by atoms with Gasteiger partial charge in [0.25, 0.3) is 0 Å². The molecule has 2 aromatic carbocycles. The predicted molar refractivity (Wildman–Crippen MR) is 88.2 cm³/mol. The fraction of sp³-hybridized carbons (Fsp3) is 0.294. The fourth-order valence-electron chi connectivity index (χ4n) is 2.08. The van der Waals surface area contributed by atoms with E-state index in [0.29, 0.717) is 34.5 Å². The Labute approximate surface area is 142 Å². The average Bonchev–Trinajstić information content (AvgIpc) is 2.52. The van der Waals surface area contributed by atoms with E-state index in [-0.39, 0.29) is 5.69 Å². The van der Waals surface area contributed by atoms with E-state index in [2.05, 4.69) is 5.32 Å². The molecule has 0 saturated carbocycles. The molecule has 24 heavy (non-hydrogen) atoms. The van der Waals surface area contributed by atoms with E-state index >= 15 is 0 Å². The van der Waals surface area contributed by atoms with Gasteiger partial charge in [0, 0.05) is 11.4 Å². The van der Waals surface area contributed by atoms with Crippen LogP contribution in [-0.4, -0.2) is 19.0 Å². The lowest BCUT2D eigenvalue weighted by molar-refractivity contribution is -0.105. The van der Waals surface area contributed by atoms with Gasteiger partial charge in [0.1, 0.15) is 11.6 Å². The van der Waals surface area contributed by atoms with E-state index in [0.717, 1.165) is 5.56 Å². The SMILES string of the molecule is COc1cccc(CNc2cc(SCC(F)(F)F)c(C)cc2F)c1. The van der Waals surface area contributed by atoms with Crippen LogP contribution in [-0.2, 0) is 6.54 Å². The van der Waals surface area contributed by atoms with E-state index in [1.807, 2.05) is 12.1 Å². The lowest BCUT2D eigenvalue weighted by Gasteiger charge is -2.13. The van der Waals surface area contributed by atoms with Crippen LogP contribution in [0.4, 0.5) is 23.2 Å². The molecule has 2 rings (SSSR count). The smallest absolute Gasteiger partial charge is 0.398 e. The minimum absolute atomic E-state index is 0.174. The minimum Gasteiger partial charge on any atom is -0.497 e. The van der Waals surface area contributed by atoms with Crippen LogP contribution in [0.5, 0.6) is 5.75 Å². The molecule has 2 aromatic rings. The Hall–Kier alpha value is -1.89. The predicted octanol–water partition coefficient (Wildman–Crippen LogP) is 5.41. The molecule has 0 saturated heterocycles. The quantitative estimate of drug-likeness (QED) is 0.550. The number of hydrogen-bond acceptors (Lipinski definition) is 3. The van der Waals surface area contributed by atoms with Crippen LogP contribution in [0.25, 0.3) is 0 Å². The largest absolute Gasteiger partial charge is 0.497 e. The van der Waals surface area contributed by atoms with Crippen molar-refractivity contribution in [3.8, 4) is 5.75 Å². The number of hydrogen-bond donors (Lipinski definition) is 1. The summed E-state index contributed by atoms with van der Waals surface area (Å²) in [5.74, 6) is -0.818. The first-order valence-corrected chi connectivity index (χ1v) is 8.13. The van der Waals surface area contributed by atoms with Crippen molar-refractivity contribution in [1.29, 1.82) is 0 Å². The van der Waals surface area contributed by atoms with E-state index < -0.39 is 17.7 Å². The first-order valence-electron chi connectivity index (χ1n) is 7.15. The van der Waals surface area contributed by atoms with Gasteiger partial charge in [-0.1, -0.05) is 12.1 Å². The summed E-state index contributed by atoms with van der Waals surface area (Å²) in [6.45, 7) is 1.92. The van der Waals surface area contributed by atoms with Gasteiger partial charge in [0.2, 0.25) is 0 Å². The second-order valence-corrected chi connectivity index (χ2v) is 6.22. The standard InChI is InChI=1S/C17H17F4NOS/c1-11-6-14(18)15(8-16(11)24-10-17(19,20)21)22-9-12-4-3-5-13(7-12)23-2/h3-8,22H,9-10H2,1-2H3. The van der Waals surface area contributed by atoms with E-state index in [4.69, 9.17) is 4.74 Å². The van der Waals surface area contributed by atoms with Gasteiger partial charge in [0.05, 0.1) is 18.6 Å². The molecule has 2 nitrogen and oxygen atoms in total. The number of thioether (sulfide) groups is 1. The number of benzene rings is 2. The molecule has 0 atom stereocenters. The number of halogens is 4. The molecular formula is C17H17F4NOS. The second kappa shape index (κ2) is 7.79. The van der Waals surface area contributed by atoms with Gasteiger partial charge in [-0.05, 0) is 42.3 Å². The van der Waals surface area contributed by atoms with Crippen molar-refractivity contribution < 1.29 is 22.3 Å². The van der Waals surface area contributed by atoms with Gasteiger partial charge in [-0.15, -0.1) is 11.8 Å². The number of aryl methyl sites for hydroxylation is 1. The maximum atomic E-state index is 14.0. The Morgan fingerprint density at radius 3 is 2.58 bits per heavy atom. The molecule has 0 aromatic heterocycles. The summed E-state index contributed by atoms with van der Waals surface area (Å²) in [7, 11) is 1.55. The van der Waals surface area contributed by atoms with Gasteiger partial charge in [-0.2, -0.15) is 13.2 Å². The summed E-state index contributed by atoms with van der Waals surface area (Å²) in [6.07, 6.45) is -4.26. The molecule has 0 spiro atoms. The van der Waals surface area contributed by atoms with Gasteiger partial charge in [-0.3, -0.25) is 0 Å². The molecule has 0 aliphatic rings. The van der Waals surface area contributed by atoms with Crippen LogP contribution >= 0.6 is 11.8 Å². The number of alkyl halides is 3. The summed E-state index contributed by atoms with van der Waals surface area (Å²) in [5.41, 5.74) is 1.53. The molecule has 1 N–H and O–H groups in total. The van der Waals surface area contributed by atoms with Crippen LogP contribution in [0, 0.1) is 12.7 Å². The van der Waals surface area contributed by atoms with E-state index in [9.17, 15) is 17.6 Å². The first kappa shape index (κ1) is 18.4. The van der Waals surface area contributed by atoms with Crippen LogP contribution < -0.4 is 10.1 Å². The third kappa shape index (κ3) is 5.33. The third-order valence-corrected chi connectivity index (χ3v) is 4.50. The minimum atomic E-state index is -4.26. The van der Waals surface area contributed by atoms with Crippen molar-refractivity contribution in [2.24, 2.45) is 0 Å². The summed E-state index contributed by atoms with van der Waals surface area (Å²) >= 11 is 0.653. The molecule has 0 heterocycles. The van der Waals surface area contributed by atoms with Crippen molar-refractivity contribution in [2.75, 3.05) is 18.2 Å². The highest BCUT2D eigenvalue weighted by Gasteiger charge is 2.27. The molecule has 0 bridgehead atoms. The number of nitrogens with one attached hydrogen (secondary N) is 1. The fourth-order valence-corrected chi connectivity index (χ4v) is 2.89. The maximum Gasteiger partial charge on any atom is 0.398 e. The zero-order valence-electron chi connectivity index (χ0n) is 13.2. The summed E-state index contributed by atoms with van der Waals surface area (Å²) in [4.78, 5) is 0.405. The summed E-state index contributed by atoms with van der Waals surface area (Å²) in [5, 5.41) is 2.92. The van der Waals surface area contributed by atoms with E-state index in [1.165, 1.54) is 12.1 Å². The number of ether oxygens (including phenoxy) is 1. The Morgan fingerprint density at radius 1 is 1.17 bits per heavy atom. The first-order chi connectivity index (χ1) is 11.3. The lowest BCUT2D eigenvalue weighted by atomic mass is 10.2. The maximum absolute atomic E-state index is 14.0. The Morgan fingerprint density at radius 2 is 1.92 bits per heavy atom. The van der Waals surface area contributed by atoms with Gasteiger partial charge in [0.15, 0.2) is 0 Å². The molecule has 0 fully saturated rings. The van der Waals surface area contributed by atoms with Crippen molar-refractivity contribution in [3.05, 3.63) is 53.3 Å². The summed E-state index contributed by atoms with van der Waals surface area (Å²) < 4.78 is 56.3. The van der Waals surface area contributed by atoms with Crippen molar-refractivity contribution >= 4 is 17.4 Å². The van der Waals surface area contributed by atoms with Gasteiger partial charge >= 0.3 is 6.18 Å². The van der Waals surface area contributed by atoms with Crippen LogP contribution in [0.2, 0.25) is 0 Å². The molecule has 0 aliphatic heterocycles. The van der Waals surface area contributed by atoms with E-state index in [1.54, 1.807) is 26.2 Å². The third-order valence-electron chi connectivity index (χ3n) is 3.27. The van der Waals surface area contributed by atoms with Crippen molar-refractivity contribution in [1.82, 2.24) is 0 Å². The molecule has 130 valence electrons. The Kier molecular flexibility index (Phi) is 5.99. The lowest BCUT2D eigenvalue weighted by Crippen LogP contribution is -2.11. The molecular weight excluding hydrogens is 342 g/mol. The van der Waals surface area contributed by atoms with Crippen LogP contribution in [0.3, 0.4) is 0 Å². The zero-order valence-corrected chi connectivity index (χ0v) is 14.0. The molecule has 0 unspecified atom stereocenters. The normalized spacial score (nSPS) is 11.4. The van der Waals surface area contributed by atoms with Gasteiger partial charge < -0.3 is 10.1 Å². The van der Waals surface area contributed by atoms with Crippen molar-refractivity contribution in [3.63, 3.8) is 0 Å². The number of rotatable bonds is 6. The van der Waals surface area contributed by atoms with Crippen molar-refractivity contribution in [2.45, 2.75) is 24.5 Å². The average molecular weight is 359 g/mol. The topological polar surface area (TPSA) is 21.3 Å². The van der Waals surface area contributed by atoms with Gasteiger partial charge in [-0.25, -0.2) is 4.39 Å². The molecule has 0 radical (unpaired) electrons. The molecule has 0 amide bonds. The molecule has 7 heteroatoms. The monoisotopic (exact) mass is 359 g/mol. The summed E-state index contributed by atoms with van der Waals surface area (Å²) in [6, 6.07) is 9.92.